The summed E-state index contributed by atoms with van der Waals surface area (Å²) in [5.74, 6) is -1.29. The van der Waals surface area contributed by atoms with Crippen LogP contribution >= 0.6 is 27.3 Å². The van der Waals surface area contributed by atoms with Gasteiger partial charge in [0, 0.05) is 15.4 Å². The molecule has 1 aliphatic carbocycles. The van der Waals surface area contributed by atoms with Gasteiger partial charge in [-0.1, -0.05) is 0 Å². The first-order valence-corrected chi connectivity index (χ1v) is 8.40. The molecule has 2 N–H and O–H groups in total. The van der Waals surface area contributed by atoms with Crippen molar-refractivity contribution < 1.29 is 18.3 Å². The fraction of sp³-hybridized carbons (Fsp3) is 0.500. The van der Waals surface area contributed by atoms with Crippen LogP contribution in [-0.4, -0.2) is 25.5 Å². The van der Waals surface area contributed by atoms with Gasteiger partial charge in [0.1, 0.15) is 4.21 Å². The van der Waals surface area contributed by atoms with Crippen LogP contribution in [-0.2, 0) is 14.8 Å². The highest BCUT2D eigenvalue weighted by atomic mass is 79.9. The highest BCUT2D eigenvalue weighted by Gasteiger charge is 2.37. The second-order valence-electron chi connectivity index (χ2n) is 4.32. The van der Waals surface area contributed by atoms with E-state index >= 15 is 0 Å². The molecule has 0 spiro atoms. The van der Waals surface area contributed by atoms with Crippen LogP contribution in [0.1, 0.15) is 17.7 Å². The standard InChI is InChI=1S/C10H12BrNO4S2/c1-5-2-8(11)10(17-5)18(15,16)12-7-3-6(4-7)9(13)14/h2,6-7,12H,3-4H2,1H3,(H,13,14). The number of nitrogens with one attached hydrogen (secondary N) is 1. The molecule has 8 heteroatoms. The van der Waals surface area contributed by atoms with Gasteiger partial charge in [0.15, 0.2) is 0 Å². The van der Waals surface area contributed by atoms with Gasteiger partial charge in [-0.2, -0.15) is 0 Å². The number of aliphatic carboxylic acids is 1. The molecule has 0 radical (unpaired) electrons. The Balaban J connectivity index is 2.06. The Labute approximate surface area is 117 Å². The molecule has 1 aliphatic rings. The molecule has 0 aliphatic heterocycles. The number of carbonyl (C=O) groups is 1. The summed E-state index contributed by atoms with van der Waals surface area (Å²) in [5.41, 5.74) is 0. The van der Waals surface area contributed by atoms with Crippen LogP contribution in [0.25, 0.3) is 0 Å². The number of hydrogen-bond donors (Lipinski definition) is 2. The molecule has 1 heterocycles. The van der Waals surface area contributed by atoms with Gasteiger partial charge in [0.2, 0.25) is 0 Å². The molecule has 0 unspecified atom stereocenters. The summed E-state index contributed by atoms with van der Waals surface area (Å²) >= 11 is 4.41. The summed E-state index contributed by atoms with van der Waals surface area (Å²) in [5, 5.41) is 8.73. The molecule has 0 amide bonds. The molecule has 100 valence electrons. The predicted molar refractivity (Wildman–Crippen MR) is 71.2 cm³/mol. The van der Waals surface area contributed by atoms with E-state index in [0.717, 1.165) is 4.88 Å². The van der Waals surface area contributed by atoms with Crippen LogP contribution in [0, 0.1) is 12.8 Å². The Morgan fingerprint density at radius 2 is 2.17 bits per heavy atom. The molecule has 1 aromatic heterocycles. The average molecular weight is 354 g/mol. The largest absolute Gasteiger partial charge is 0.481 e. The topological polar surface area (TPSA) is 83.5 Å². The van der Waals surface area contributed by atoms with Crippen molar-refractivity contribution in [2.24, 2.45) is 5.92 Å². The lowest BCUT2D eigenvalue weighted by molar-refractivity contribution is -0.145. The predicted octanol–water partition coefficient (Wildman–Crippen LogP) is 1.96. The minimum Gasteiger partial charge on any atom is -0.481 e. The monoisotopic (exact) mass is 353 g/mol. The summed E-state index contributed by atoms with van der Waals surface area (Å²) in [7, 11) is -3.55. The number of carboxylic acid groups (broad SMARTS) is 1. The van der Waals surface area contributed by atoms with E-state index in [1.165, 1.54) is 11.3 Å². The molecule has 1 aromatic rings. The number of halogens is 1. The maximum atomic E-state index is 12.1. The van der Waals surface area contributed by atoms with Crippen molar-refractivity contribution in [2.45, 2.75) is 30.0 Å². The fourth-order valence-electron chi connectivity index (χ4n) is 1.83. The summed E-state index contributed by atoms with van der Waals surface area (Å²) < 4.78 is 27.5. The van der Waals surface area contributed by atoms with E-state index in [2.05, 4.69) is 20.7 Å². The zero-order valence-electron chi connectivity index (χ0n) is 9.51. The summed E-state index contributed by atoms with van der Waals surface area (Å²) in [6.07, 6.45) is 0.715. The molecule has 1 fully saturated rings. The lowest BCUT2D eigenvalue weighted by Crippen LogP contribution is -2.46. The summed E-state index contributed by atoms with van der Waals surface area (Å²) in [6.45, 7) is 1.83. The number of hydrogen-bond acceptors (Lipinski definition) is 4. The number of sulfonamides is 1. The van der Waals surface area contributed by atoms with Gasteiger partial charge < -0.3 is 5.11 Å². The van der Waals surface area contributed by atoms with Crippen molar-refractivity contribution in [1.82, 2.24) is 4.72 Å². The second kappa shape index (κ2) is 4.92. The van der Waals surface area contributed by atoms with Crippen LogP contribution in [0.4, 0.5) is 0 Å². The molecule has 18 heavy (non-hydrogen) atoms. The van der Waals surface area contributed by atoms with Gasteiger partial charge in [0.25, 0.3) is 10.0 Å². The van der Waals surface area contributed by atoms with Crippen LogP contribution in [0.15, 0.2) is 14.7 Å². The van der Waals surface area contributed by atoms with Crippen molar-refractivity contribution in [3.63, 3.8) is 0 Å². The van der Waals surface area contributed by atoms with Gasteiger partial charge in [-0.05, 0) is 41.8 Å². The number of aryl methyl sites for hydroxylation is 1. The molecule has 1 saturated carbocycles. The number of thiophene rings is 1. The van der Waals surface area contributed by atoms with Gasteiger partial charge in [-0.25, -0.2) is 13.1 Å². The maximum Gasteiger partial charge on any atom is 0.306 e. The molecule has 0 saturated heterocycles. The van der Waals surface area contributed by atoms with E-state index in [4.69, 9.17) is 5.11 Å². The first kappa shape index (κ1) is 14.0. The summed E-state index contributed by atoms with van der Waals surface area (Å²) in [6, 6.07) is 1.48. The van der Waals surface area contributed by atoms with Crippen molar-refractivity contribution in [3.05, 3.63) is 15.4 Å². The SMILES string of the molecule is Cc1cc(Br)c(S(=O)(=O)NC2CC(C(=O)O)C2)s1. The fourth-order valence-corrected chi connectivity index (χ4v) is 5.87. The Morgan fingerprint density at radius 1 is 1.56 bits per heavy atom. The molecular formula is C10H12BrNO4S2. The molecular weight excluding hydrogens is 342 g/mol. The molecule has 0 bridgehead atoms. The molecule has 2 rings (SSSR count). The zero-order chi connectivity index (χ0) is 13.5. The minimum absolute atomic E-state index is 0.249. The normalized spacial score (nSPS) is 23.7. The van der Waals surface area contributed by atoms with E-state index in [9.17, 15) is 13.2 Å². The van der Waals surface area contributed by atoms with E-state index in [-0.39, 0.29) is 10.3 Å². The van der Waals surface area contributed by atoms with Crippen molar-refractivity contribution in [2.75, 3.05) is 0 Å². The zero-order valence-corrected chi connectivity index (χ0v) is 12.7. The van der Waals surface area contributed by atoms with E-state index < -0.39 is 21.9 Å². The van der Waals surface area contributed by atoms with E-state index in [1.54, 1.807) is 6.07 Å². The van der Waals surface area contributed by atoms with Gasteiger partial charge >= 0.3 is 5.97 Å². The van der Waals surface area contributed by atoms with Crippen LogP contribution in [0.3, 0.4) is 0 Å². The van der Waals surface area contributed by atoms with E-state index in [0.29, 0.717) is 17.3 Å². The number of rotatable bonds is 4. The first-order chi connectivity index (χ1) is 8.29. The smallest absolute Gasteiger partial charge is 0.306 e. The van der Waals surface area contributed by atoms with E-state index in [1.807, 2.05) is 6.92 Å². The molecule has 5 nitrogen and oxygen atoms in total. The first-order valence-electron chi connectivity index (χ1n) is 5.30. The Hall–Kier alpha value is -0.440. The number of carboxylic acids is 1. The maximum absolute atomic E-state index is 12.1. The molecule has 0 atom stereocenters. The highest BCUT2D eigenvalue weighted by molar-refractivity contribution is 9.10. The van der Waals surface area contributed by atoms with Crippen molar-refractivity contribution >= 4 is 43.3 Å². The van der Waals surface area contributed by atoms with Crippen molar-refractivity contribution in [3.8, 4) is 0 Å². The summed E-state index contributed by atoms with van der Waals surface area (Å²) in [4.78, 5) is 11.5. The van der Waals surface area contributed by atoms with Gasteiger partial charge in [-0.3, -0.25) is 4.79 Å². The van der Waals surface area contributed by atoms with Crippen LogP contribution in [0.2, 0.25) is 0 Å². The third kappa shape index (κ3) is 2.76. The van der Waals surface area contributed by atoms with Crippen LogP contribution < -0.4 is 4.72 Å². The van der Waals surface area contributed by atoms with Crippen LogP contribution in [0.5, 0.6) is 0 Å². The highest BCUT2D eigenvalue weighted by Crippen LogP contribution is 2.33. The average Bonchev–Trinajstić information content (AvgIpc) is 2.51. The molecule has 0 aromatic carbocycles. The third-order valence-electron chi connectivity index (χ3n) is 2.83. The van der Waals surface area contributed by atoms with Gasteiger partial charge in [-0.15, -0.1) is 11.3 Å². The lowest BCUT2D eigenvalue weighted by Gasteiger charge is -2.32. The Morgan fingerprint density at radius 3 is 2.61 bits per heavy atom. The van der Waals surface area contributed by atoms with Crippen molar-refractivity contribution in [1.29, 1.82) is 0 Å². The Kier molecular flexibility index (Phi) is 3.82. The lowest BCUT2D eigenvalue weighted by atomic mass is 9.81. The quantitative estimate of drug-likeness (QED) is 0.866. The van der Waals surface area contributed by atoms with Gasteiger partial charge in [0.05, 0.1) is 5.92 Å². The Bertz CT molecular complexity index is 575. The minimum atomic E-state index is -3.55. The second-order valence-corrected chi connectivity index (χ2v) is 8.34. The third-order valence-corrected chi connectivity index (χ3v) is 7.09.